The summed E-state index contributed by atoms with van der Waals surface area (Å²) in [6.45, 7) is 0. The molecule has 9 nitrogen and oxygen atoms in total. The lowest BCUT2D eigenvalue weighted by atomic mass is 9.86. The van der Waals surface area contributed by atoms with Gasteiger partial charge in [0.15, 0.2) is 10.6 Å². The molecule has 2 aliphatic carbocycles. The van der Waals surface area contributed by atoms with Crippen LogP contribution in [0.2, 0.25) is 0 Å². The average Bonchev–Trinajstić information content (AvgIpc) is 2.75. The van der Waals surface area contributed by atoms with E-state index in [2.05, 4.69) is 5.16 Å². The van der Waals surface area contributed by atoms with Gasteiger partial charge in [0.2, 0.25) is 0 Å². The van der Waals surface area contributed by atoms with Gasteiger partial charge in [-0.05, 0) is 44.6 Å². The van der Waals surface area contributed by atoms with Crippen LogP contribution in [0.15, 0.2) is 34.3 Å². The number of rotatable bonds is 7. The first kappa shape index (κ1) is 22.2. The maximum atomic E-state index is 12.8. The number of hydrogen-bond donors (Lipinski definition) is 0. The van der Waals surface area contributed by atoms with E-state index in [9.17, 15) is 23.3 Å². The van der Waals surface area contributed by atoms with Crippen LogP contribution in [0, 0.1) is 16.0 Å². The Labute approximate surface area is 175 Å². The van der Waals surface area contributed by atoms with Crippen molar-refractivity contribution in [1.29, 1.82) is 0 Å². The molecular weight excluding hydrogens is 412 g/mol. The zero-order valence-corrected chi connectivity index (χ0v) is 17.5. The first-order valence-electron chi connectivity index (χ1n) is 10.3. The molecule has 0 bridgehead atoms. The molecule has 0 spiro atoms. The van der Waals surface area contributed by atoms with Crippen LogP contribution in [0.5, 0.6) is 0 Å². The molecule has 0 radical (unpaired) electrons. The van der Waals surface area contributed by atoms with Crippen LogP contribution in [0.4, 0.5) is 5.69 Å². The molecule has 2 aliphatic rings. The van der Waals surface area contributed by atoms with Crippen molar-refractivity contribution in [2.24, 2.45) is 11.1 Å². The molecular formula is C20H26N2O7S. The Kier molecular flexibility index (Phi) is 7.41. The molecule has 0 saturated heterocycles. The molecule has 30 heavy (non-hydrogen) atoms. The molecule has 0 heterocycles. The minimum atomic E-state index is -4.57. The fraction of sp³-hybridized carbons (Fsp3) is 0.600. The summed E-state index contributed by atoms with van der Waals surface area (Å²) >= 11 is 0. The van der Waals surface area contributed by atoms with E-state index in [4.69, 9.17) is 9.02 Å². The Morgan fingerprint density at radius 1 is 1.00 bits per heavy atom. The fourth-order valence-corrected chi connectivity index (χ4v) is 4.90. The predicted octanol–water partition coefficient (Wildman–Crippen LogP) is 4.11. The summed E-state index contributed by atoms with van der Waals surface area (Å²) in [5.41, 5.74) is -0.667. The van der Waals surface area contributed by atoms with Gasteiger partial charge in [0.25, 0.3) is 5.69 Å². The maximum absolute atomic E-state index is 12.8. The van der Waals surface area contributed by atoms with Crippen LogP contribution in [0.3, 0.4) is 0 Å². The lowest BCUT2D eigenvalue weighted by Gasteiger charge is -2.25. The average molecular weight is 439 g/mol. The molecule has 1 aromatic carbocycles. The minimum absolute atomic E-state index is 0.0533. The van der Waals surface area contributed by atoms with Crippen molar-refractivity contribution in [3.8, 4) is 0 Å². The Morgan fingerprint density at radius 2 is 1.60 bits per heavy atom. The smallest absolute Gasteiger partial charge is 0.365 e. The summed E-state index contributed by atoms with van der Waals surface area (Å²) < 4.78 is 35.5. The zero-order chi connectivity index (χ0) is 21.6. The van der Waals surface area contributed by atoms with Crippen molar-refractivity contribution in [3.05, 3.63) is 34.4 Å². The van der Waals surface area contributed by atoms with Gasteiger partial charge in [-0.1, -0.05) is 43.0 Å². The highest BCUT2D eigenvalue weighted by Crippen LogP contribution is 2.29. The predicted molar refractivity (Wildman–Crippen MR) is 108 cm³/mol. The number of benzene rings is 1. The lowest BCUT2D eigenvalue weighted by Crippen LogP contribution is -2.32. The van der Waals surface area contributed by atoms with E-state index < -0.39 is 31.6 Å². The molecule has 2 saturated carbocycles. The van der Waals surface area contributed by atoms with Gasteiger partial charge in [-0.25, -0.2) is 4.79 Å². The van der Waals surface area contributed by atoms with Crippen LogP contribution in [0.25, 0.3) is 0 Å². The van der Waals surface area contributed by atoms with Crippen LogP contribution in [0.1, 0.15) is 64.2 Å². The number of carbonyl (C=O) groups is 1. The lowest BCUT2D eigenvalue weighted by molar-refractivity contribution is -0.387. The number of esters is 1. The minimum Gasteiger partial charge on any atom is -0.458 e. The zero-order valence-electron chi connectivity index (χ0n) is 16.7. The third kappa shape index (κ3) is 5.56. The third-order valence-corrected chi connectivity index (χ3v) is 6.75. The number of ether oxygens (including phenoxy) is 1. The quantitative estimate of drug-likeness (QED) is 0.271. The van der Waals surface area contributed by atoms with Gasteiger partial charge in [-0.3, -0.25) is 14.4 Å². The second-order valence-corrected chi connectivity index (χ2v) is 9.23. The summed E-state index contributed by atoms with van der Waals surface area (Å²) in [6, 6.07) is 4.85. The van der Waals surface area contributed by atoms with E-state index >= 15 is 0 Å². The first-order valence-corrected chi connectivity index (χ1v) is 11.8. The SMILES string of the molecule is O=C(OC1CCCCC1)C(=NOS(=O)(=O)c1ccccc1[N+](=O)[O-])C1CCCCC1. The summed E-state index contributed by atoms with van der Waals surface area (Å²) in [5, 5.41) is 14.9. The Bertz CT molecular complexity index is 901. The number of carbonyl (C=O) groups excluding carboxylic acids is 1. The Hall–Kier alpha value is -2.49. The van der Waals surface area contributed by atoms with Gasteiger partial charge in [-0.2, -0.15) is 8.42 Å². The number of nitro groups is 1. The Balaban J connectivity index is 1.83. The molecule has 10 heteroatoms. The highest BCUT2D eigenvalue weighted by molar-refractivity contribution is 7.86. The van der Waals surface area contributed by atoms with Crippen molar-refractivity contribution >= 4 is 27.5 Å². The highest BCUT2D eigenvalue weighted by Gasteiger charge is 2.32. The van der Waals surface area contributed by atoms with Gasteiger partial charge in [0.05, 0.1) is 4.92 Å². The molecule has 3 rings (SSSR count). The number of oxime groups is 1. The molecule has 0 aromatic heterocycles. The summed E-state index contributed by atoms with van der Waals surface area (Å²) in [6.07, 6.45) is 8.64. The molecule has 0 atom stereocenters. The highest BCUT2D eigenvalue weighted by atomic mass is 32.2. The third-order valence-electron chi connectivity index (χ3n) is 5.59. The van der Waals surface area contributed by atoms with E-state index in [0.717, 1.165) is 63.5 Å². The van der Waals surface area contributed by atoms with E-state index in [-0.39, 0.29) is 17.7 Å². The molecule has 2 fully saturated rings. The topological polar surface area (TPSA) is 125 Å². The second kappa shape index (κ2) is 10.0. The maximum Gasteiger partial charge on any atom is 0.365 e. The van der Waals surface area contributed by atoms with Crippen LogP contribution >= 0.6 is 0 Å². The van der Waals surface area contributed by atoms with Crippen molar-refractivity contribution in [3.63, 3.8) is 0 Å². The summed E-state index contributed by atoms with van der Waals surface area (Å²) in [5.74, 6) is -0.914. The van der Waals surface area contributed by atoms with Gasteiger partial charge >= 0.3 is 16.1 Å². The molecule has 164 valence electrons. The first-order chi connectivity index (χ1) is 14.4. The van der Waals surface area contributed by atoms with Gasteiger partial charge in [0.1, 0.15) is 6.10 Å². The van der Waals surface area contributed by atoms with E-state index in [1.54, 1.807) is 0 Å². The fourth-order valence-electron chi connectivity index (χ4n) is 4.00. The van der Waals surface area contributed by atoms with Gasteiger partial charge in [-0.15, -0.1) is 0 Å². The van der Waals surface area contributed by atoms with Crippen LogP contribution in [-0.4, -0.2) is 31.1 Å². The molecule has 0 aliphatic heterocycles. The van der Waals surface area contributed by atoms with Gasteiger partial charge < -0.3 is 4.74 Å². The Morgan fingerprint density at radius 3 is 2.23 bits per heavy atom. The van der Waals surface area contributed by atoms with Crippen molar-refractivity contribution in [2.45, 2.75) is 75.2 Å². The molecule has 0 unspecified atom stereocenters. The molecule has 0 N–H and O–H groups in total. The van der Waals surface area contributed by atoms with E-state index in [1.165, 1.54) is 12.1 Å². The second-order valence-electron chi connectivity index (χ2n) is 7.73. The van der Waals surface area contributed by atoms with Crippen LogP contribution < -0.4 is 0 Å². The van der Waals surface area contributed by atoms with Crippen LogP contribution in [-0.2, 0) is 23.9 Å². The molecule has 0 amide bonds. The van der Waals surface area contributed by atoms with Gasteiger partial charge in [0, 0.05) is 12.0 Å². The number of hydrogen-bond acceptors (Lipinski definition) is 8. The number of para-hydroxylation sites is 1. The summed E-state index contributed by atoms with van der Waals surface area (Å²) in [4.78, 5) is 22.5. The van der Waals surface area contributed by atoms with Crippen molar-refractivity contribution < 1.29 is 27.2 Å². The largest absolute Gasteiger partial charge is 0.458 e. The number of nitrogens with zero attached hydrogens (tertiary/aromatic N) is 2. The van der Waals surface area contributed by atoms with Crippen molar-refractivity contribution in [2.75, 3.05) is 0 Å². The number of nitro benzene ring substituents is 1. The summed E-state index contributed by atoms with van der Waals surface area (Å²) in [7, 11) is -4.57. The van der Waals surface area contributed by atoms with E-state index in [0.29, 0.717) is 12.8 Å². The van der Waals surface area contributed by atoms with E-state index in [1.807, 2.05) is 0 Å². The normalized spacial score (nSPS) is 19.3. The van der Waals surface area contributed by atoms with Crippen molar-refractivity contribution in [1.82, 2.24) is 0 Å². The standard InChI is InChI=1S/C20H26N2O7S/c23-20(28-16-11-5-2-6-12-16)19(15-9-3-1-4-10-15)21-29-30(26,27)18-14-8-7-13-17(18)22(24)25/h7-8,13-16H,1-6,9-12H2. The molecule has 1 aromatic rings. The monoisotopic (exact) mass is 438 g/mol.